The summed E-state index contributed by atoms with van der Waals surface area (Å²) in [5.74, 6) is -0.703. The fourth-order valence-corrected chi connectivity index (χ4v) is 0.0636. The molecule has 7 heavy (non-hydrogen) atoms. The normalized spacial score (nSPS) is 12.0. The standard InChI is InChI=1S/C3H4N2OS/c4-1-2(7)3(5)6/h2,7H,(H2,5,6). The minimum atomic E-state index is -0.958. The first kappa shape index (κ1) is 6.31. The lowest BCUT2D eigenvalue weighted by Crippen LogP contribution is -2.21. The molecule has 0 aromatic carbocycles. The van der Waals surface area contributed by atoms with Crippen molar-refractivity contribution >= 4 is 18.5 Å². The van der Waals surface area contributed by atoms with Crippen molar-refractivity contribution in [3.63, 3.8) is 0 Å². The van der Waals surface area contributed by atoms with Gasteiger partial charge in [-0.3, -0.25) is 4.79 Å². The molecule has 38 valence electrons. The molecule has 0 radical (unpaired) electrons. The van der Waals surface area contributed by atoms with Crippen LogP contribution in [0.3, 0.4) is 0 Å². The highest BCUT2D eigenvalue weighted by molar-refractivity contribution is 7.82. The summed E-state index contributed by atoms with van der Waals surface area (Å²) in [6, 6.07) is 1.55. The zero-order valence-electron chi connectivity index (χ0n) is 3.46. The summed E-state index contributed by atoms with van der Waals surface area (Å²) >= 11 is 3.49. The van der Waals surface area contributed by atoms with Gasteiger partial charge in [-0.1, -0.05) is 0 Å². The Kier molecular flexibility index (Phi) is 2.23. The van der Waals surface area contributed by atoms with Crippen LogP contribution in [0.4, 0.5) is 0 Å². The molecule has 0 saturated carbocycles. The number of nitrogens with two attached hydrogens (primary N) is 1. The highest BCUT2D eigenvalue weighted by Crippen LogP contribution is 1.86. The third-order valence-corrected chi connectivity index (χ3v) is 0.762. The number of nitrogens with zero attached hydrogens (tertiary/aromatic N) is 1. The summed E-state index contributed by atoms with van der Waals surface area (Å²) in [4.78, 5) is 9.85. The molecule has 0 rings (SSSR count). The predicted octanol–water partition coefficient (Wildman–Crippen LogP) is -0.706. The molecule has 0 spiro atoms. The molecule has 0 aromatic rings. The minimum absolute atomic E-state index is 0.703. The Bertz CT molecular complexity index is 117. The molecule has 0 heterocycles. The van der Waals surface area contributed by atoms with Gasteiger partial charge in [-0.25, -0.2) is 0 Å². The van der Waals surface area contributed by atoms with Crippen molar-refractivity contribution in [1.82, 2.24) is 0 Å². The SMILES string of the molecule is N#CC(S)C(N)=O. The van der Waals surface area contributed by atoms with E-state index in [0.717, 1.165) is 0 Å². The number of primary amides is 1. The Morgan fingerprint density at radius 2 is 2.43 bits per heavy atom. The molecule has 3 nitrogen and oxygen atoms in total. The van der Waals surface area contributed by atoms with Crippen LogP contribution in [0.5, 0.6) is 0 Å². The fourth-order valence-electron chi connectivity index (χ4n) is 0.0636. The van der Waals surface area contributed by atoms with Gasteiger partial charge in [0.1, 0.15) is 0 Å². The van der Waals surface area contributed by atoms with Crippen molar-refractivity contribution in [3.05, 3.63) is 0 Å². The highest BCUT2D eigenvalue weighted by atomic mass is 32.1. The van der Waals surface area contributed by atoms with Crippen LogP contribution in [0.25, 0.3) is 0 Å². The van der Waals surface area contributed by atoms with E-state index in [-0.39, 0.29) is 0 Å². The maximum absolute atomic E-state index is 9.85. The van der Waals surface area contributed by atoms with Gasteiger partial charge in [-0.2, -0.15) is 17.9 Å². The molecule has 0 aromatic heterocycles. The third-order valence-electron chi connectivity index (χ3n) is 0.392. The van der Waals surface area contributed by atoms with Gasteiger partial charge < -0.3 is 5.73 Å². The van der Waals surface area contributed by atoms with Crippen LogP contribution >= 0.6 is 12.6 Å². The second-order valence-electron chi connectivity index (χ2n) is 0.934. The van der Waals surface area contributed by atoms with Crippen molar-refractivity contribution < 1.29 is 4.79 Å². The molecule has 1 unspecified atom stereocenters. The average molecular weight is 116 g/mol. The van der Waals surface area contributed by atoms with Gasteiger partial charge in [0, 0.05) is 0 Å². The molecule has 0 bridgehead atoms. The number of thiol groups is 1. The Balaban J connectivity index is 3.63. The maximum Gasteiger partial charge on any atom is 0.244 e. The molecule has 0 fully saturated rings. The predicted molar refractivity (Wildman–Crippen MR) is 27.6 cm³/mol. The largest absolute Gasteiger partial charge is 0.368 e. The number of hydrogen-bond acceptors (Lipinski definition) is 3. The van der Waals surface area contributed by atoms with Crippen LogP contribution in [-0.4, -0.2) is 11.2 Å². The maximum atomic E-state index is 9.85. The van der Waals surface area contributed by atoms with E-state index in [9.17, 15) is 4.79 Å². The number of nitriles is 1. The van der Waals surface area contributed by atoms with E-state index >= 15 is 0 Å². The number of rotatable bonds is 1. The van der Waals surface area contributed by atoms with Crippen molar-refractivity contribution in [3.8, 4) is 6.07 Å². The van der Waals surface area contributed by atoms with E-state index < -0.39 is 11.2 Å². The van der Waals surface area contributed by atoms with Crippen LogP contribution in [0.15, 0.2) is 0 Å². The Hall–Kier alpha value is -0.690. The van der Waals surface area contributed by atoms with Crippen LogP contribution in [0, 0.1) is 11.3 Å². The van der Waals surface area contributed by atoms with Gasteiger partial charge in [0.05, 0.1) is 6.07 Å². The quantitative estimate of drug-likeness (QED) is 0.444. The third kappa shape index (κ3) is 2.06. The molecular weight excluding hydrogens is 112 g/mol. The average Bonchev–Trinajstić information content (AvgIpc) is 1.65. The monoisotopic (exact) mass is 116 g/mol. The van der Waals surface area contributed by atoms with Crippen LogP contribution in [-0.2, 0) is 4.79 Å². The van der Waals surface area contributed by atoms with Crippen LogP contribution < -0.4 is 5.73 Å². The second kappa shape index (κ2) is 2.48. The summed E-state index contributed by atoms with van der Waals surface area (Å²) in [5, 5.41) is 6.92. The molecule has 0 saturated heterocycles. The lowest BCUT2D eigenvalue weighted by Gasteiger charge is -1.87. The van der Waals surface area contributed by atoms with Crippen molar-refractivity contribution in [2.45, 2.75) is 5.25 Å². The summed E-state index contributed by atoms with van der Waals surface area (Å²) in [6.07, 6.45) is 0. The van der Waals surface area contributed by atoms with E-state index in [0.29, 0.717) is 0 Å². The van der Waals surface area contributed by atoms with Gasteiger partial charge in [-0.05, 0) is 0 Å². The topological polar surface area (TPSA) is 66.9 Å². The van der Waals surface area contributed by atoms with Gasteiger partial charge >= 0.3 is 0 Å². The smallest absolute Gasteiger partial charge is 0.244 e. The minimum Gasteiger partial charge on any atom is -0.368 e. The molecule has 4 heteroatoms. The fraction of sp³-hybridized carbons (Fsp3) is 0.333. The molecule has 0 aliphatic rings. The molecule has 2 N–H and O–H groups in total. The molecule has 0 aliphatic heterocycles. The van der Waals surface area contributed by atoms with Crippen molar-refractivity contribution in [2.75, 3.05) is 0 Å². The van der Waals surface area contributed by atoms with Crippen LogP contribution in [0.2, 0.25) is 0 Å². The molecule has 0 aliphatic carbocycles. The number of carbonyl (C=O) groups is 1. The zero-order valence-corrected chi connectivity index (χ0v) is 4.35. The van der Waals surface area contributed by atoms with Crippen molar-refractivity contribution in [1.29, 1.82) is 5.26 Å². The Morgan fingerprint density at radius 1 is 2.00 bits per heavy atom. The Labute approximate surface area is 46.5 Å². The van der Waals surface area contributed by atoms with Gasteiger partial charge in [0.25, 0.3) is 0 Å². The van der Waals surface area contributed by atoms with Gasteiger partial charge in [0.2, 0.25) is 5.91 Å². The summed E-state index contributed by atoms with van der Waals surface area (Å²) in [6.45, 7) is 0. The van der Waals surface area contributed by atoms with Gasteiger partial charge in [0.15, 0.2) is 5.25 Å². The summed E-state index contributed by atoms with van der Waals surface area (Å²) < 4.78 is 0. The molecule has 1 atom stereocenters. The lowest BCUT2D eigenvalue weighted by molar-refractivity contribution is -0.116. The number of carbonyl (C=O) groups excluding carboxylic acids is 1. The molecule has 1 amide bonds. The highest BCUT2D eigenvalue weighted by Gasteiger charge is 2.04. The first-order valence-electron chi connectivity index (χ1n) is 1.55. The van der Waals surface area contributed by atoms with E-state index in [4.69, 9.17) is 5.26 Å². The van der Waals surface area contributed by atoms with E-state index in [1.165, 1.54) is 0 Å². The van der Waals surface area contributed by atoms with E-state index in [1.807, 2.05) is 0 Å². The van der Waals surface area contributed by atoms with Gasteiger partial charge in [-0.15, -0.1) is 0 Å². The van der Waals surface area contributed by atoms with E-state index in [1.54, 1.807) is 6.07 Å². The lowest BCUT2D eigenvalue weighted by atomic mass is 10.4. The van der Waals surface area contributed by atoms with Crippen molar-refractivity contribution in [2.24, 2.45) is 5.73 Å². The Morgan fingerprint density at radius 3 is 2.43 bits per heavy atom. The number of hydrogen-bond donors (Lipinski definition) is 2. The summed E-state index contributed by atoms with van der Waals surface area (Å²) in [5.41, 5.74) is 4.61. The second-order valence-corrected chi connectivity index (χ2v) is 1.45. The van der Waals surface area contributed by atoms with Crippen LogP contribution in [0.1, 0.15) is 0 Å². The zero-order chi connectivity index (χ0) is 5.86. The molecular formula is C3H4N2OS. The number of amides is 1. The van der Waals surface area contributed by atoms with E-state index in [2.05, 4.69) is 18.4 Å². The first-order valence-corrected chi connectivity index (χ1v) is 2.07. The first-order chi connectivity index (χ1) is 3.18. The summed E-state index contributed by atoms with van der Waals surface area (Å²) in [7, 11) is 0.